The summed E-state index contributed by atoms with van der Waals surface area (Å²) in [6.07, 6.45) is -1.62. The Morgan fingerprint density at radius 1 is 1.12 bits per heavy atom. The van der Waals surface area contributed by atoms with Gasteiger partial charge in [0.15, 0.2) is 6.61 Å². The molecule has 0 fully saturated rings. The summed E-state index contributed by atoms with van der Waals surface area (Å²) in [5.41, 5.74) is 1.92. The number of carbonyl (C=O) groups excluding carboxylic acids is 1. The van der Waals surface area contributed by atoms with Gasteiger partial charge in [-0.2, -0.15) is 13.2 Å². The Morgan fingerprint density at radius 2 is 1.88 bits per heavy atom. The minimum Gasteiger partial charge on any atom is -0.482 e. The molecule has 0 unspecified atom stereocenters. The Balaban J connectivity index is 1.45. The molecule has 4 rings (SSSR count). The van der Waals surface area contributed by atoms with E-state index in [1.54, 1.807) is 0 Å². The van der Waals surface area contributed by atoms with Gasteiger partial charge in [-0.25, -0.2) is 9.78 Å². The van der Waals surface area contributed by atoms with Crippen molar-refractivity contribution in [1.82, 2.24) is 9.55 Å². The number of fused-ring (bicyclic) bond motifs is 1. The maximum atomic E-state index is 12.8. The van der Waals surface area contributed by atoms with Gasteiger partial charge in [0.05, 0.1) is 18.4 Å². The number of halogens is 3. The van der Waals surface area contributed by atoms with Crippen molar-refractivity contribution < 1.29 is 27.4 Å². The monoisotopic (exact) mass is 474 g/mol. The van der Waals surface area contributed by atoms with E-state index in [0.717, 1.165) is 46.6 Å². The normalized spacial score (nSPS) is 11.7. The molecule has 0 saturated heterocycles. The zero-order chi connectivity index (χ0) is 23.6. The highest BCUT2D eigenvalue weighted by atomic mass is 32.1. The summed E-state index contributed by atoms with van der Waals surface area (Å²) >= 11 is 1.50. The molecule has 0 aliphatic heterocycles. The van der Waals surface area contributed by atoms with E-state index >= 15 is 0 Å². The average molecular weight is 475 g/mol. The number of esters is 1. The van der Waals surface area contributed by atoms with Gasteiger partial charge in [0.1, 0.15) is 10.8 Å². The van der Waals surface area contributed by atoms with E-state index in [9.17, 15) is 18.0 Å². The topological polar surface area (TPSA) is 53.4 Å². The van der Waals surface area contributed by atoms with Crippen LogP contribution in [0.5, 0.6) is 5.75 Å². The SMILES string of the molecule is COC(=O)COc1ccc2c(ccn2CCc2sc(-c3ccc(C(F)(F)F)cc3)nc2C)c1. The van der Waals surface area contributed by atoms with Gasteiger partial charge in [-0.3, -0.25) is 0 Å². The summed E-state index contributed by atoms with van der Waals surface area (Å²) in [5, 5.41) is 1.70. The molecule has 0 spiro atoms. The number of benzene rings is 2. The van der Waals surface area contributed by atoms with Gasteiger partial charge in [0.2, 0.25) is 0 Å². The lowest BCUT2D eigenvalue weighted by Crippen LogP contribution is -2.12. The van der Waals surface area contributed by atoms with E-state index in [4.69, 9.17) is 4.74 Å². The second-order valence-electron chi connectivity index (χ2n) is 7.45. The van der Waals surface area contributed by atoms with Crippen molar-refractivity contribution >= 4 is 28.2 Å². The average Bonchev–Trinajstić information content (AvgIpc) is 3.38. The number of ether oxygens (including phenoxy) is 2. The van der Waals surface area contributed by atoms with Crippen molar-refractivity contribution in [3.8, 4) is 16.3 Å². The fourth-order valence-corrected chi connectivity index (χ4v) is 4.53. The van der Waals surface area contributed by atoms with Crippen molar-refractivity contribution in [2.45, 2.75) is 26.1 Å². The Bertz CT molecular complexity index is 1280. The van der Waals surface area contributed by atoms with Gasteiger partial charge in [0, 0.05) is 40.5 Å². The van der Waals surface area contributed by atoms with Gasteiger partial charge >= 0.3 is 12.1 Å². The van der Waals surface area contributed by atoms with Crippen LogP contribution in [-0.4, -0.2) is 29.2 Å². The van der Waals surface area contributed by atoms with Crippen molar-refractivity contribution in [1.29, 1.82) is 0 Å². The van der Waals surface area contributed by atoms with Gasteiger partial charge in [-0.1, -0.05) is 12.1 Å². The summed E-state index contributed by atoms with van der Waals surface area (Å²) in [6.45, 7) is 2.49. The van der Waals surface area contributed by atoms with E-state index in [0.29, 0.717) is 16.3 Å². The fraction of sp³-hybridized carbons (Fsp3) is 0.250. The van der Waals surface area contributed by atoms with Crippen LogP contribution in [0.3, 0.4) is 0 Å². The lowest BCUT2D eigenvalue weighted by atomic mass is 10.1. The molecule has 0 saturated carbocycles. The molecule has 2 aromatic carbocycles. The third kappa shape index (κ3) is 5.19. The van der Waals surface area contributed by atoms with Gasteiger partial charge in [0.25, 0.3) is 0 Å². The maximum Gasteiger partial charge on any atom is 0.416 e. The zero-order valence-corrected chi connectivity index (χ0v) is 18.8. The number of alkyl halides is 3. The van der Waals surface area contributed by atoms with E-state index < -0.39 is 17.7 Å². The van der Waals surface area contributed by atoms with Crippen LogP contribution in [0, 0.1) is 6.92 Å². The Labute approximate surface area is 192 Å². The fourth-order valence-electron chi connectivity index (χ4n) is 3.47. The number of carbonyl (C=O) groups is 1. The lowest BCUT2D eigenvalue weighted by molar-refractivity contribution is -0.143. The summed E-state index contributed by atoms with van der Waals surface area (Å²) in [6, 6.07) is 12.7. The van der Waals surface area contributed by atoms with E-state index in [1.165, 1.54) is 30.6 Å². The van der Waals surface area contributed by atoms with Crippen molar-refractivity contribution in [2.75, 3.05) is 13.7 Å². The van der Waals surface area contributed by atoms with Crippen LogP contribution in [0.2, 0.25) is 0 Å². The first-order valence-corrected chi connectivity index (χ1v) is 11.0. The van der Waals surface area contributed by atoms with Crippen molar-refractivity contribution in [3.63, 3.8) is 0 Å². The Morgan fingerprint density at radius 3 is 2.58 bits per heavy atom. The molecule has 5 nitrogen and oxygen atoms in total. The molecular formula is C24H21F3N2O3S. The molecule has 0 aliphatic rings. The molecule has 0 amide bonds. The molecule has 0 aliphatic carbocycles. The molecule has 33 heavy (non-hydrogen) atoms. The summed E-state index contributed by atoms with van der Waals surface area (Å²) in [4.78, 5) is 16.9. The molecule has 9 heteroatoms. The quantitative estimate of drug-likeness (QED) is 0.314. The zero-order valence-electron chi connectivity index (χ0n) is 18.0. The highest BCUT2D eigenvalue weighted by Crippen LogP contribution is 2.33. The second kappa shape index (κ2) is 9.27. The highest BCUT2D eigenvalue weighted by molar-refractivity contribution is 7.15. The lowest BCUT2D eigenvalue weighted by Gasteiger charge is -2.07. The highest BCUT2D eigenvalue weighted by Gasteiger charge is 2.30. The number of thiazole rings is 1. The van der Waals surface area contributed by atoms with E-state index in [2.05, 4.69) is 14.3 Å². The van der Waals surface area contributed by atoms with Crippen LogP contribution >= 0.6 is 11.3 Å². The number of aromatic nitrogens is 2. The van der Waals surface area contributed by atoms with Crippen molar-refractivity contribution in [2.24, 2.45) is 0 Å². The van der Waals surface area contributed by atoms with Crippen molar-refractivity contribution in [3.05, 3.63) is 70.9 Å². The second-order valence-corrected chi connectivity index (χ2v) is 8.53. The van der Waals surface area contributed by atoms with Crippen LogP contribution in [-0.2, 0) is 28.7 Å². The Kier molecular flexibility index (Phi) is 6.42. The number of nitrogens with zero attached hydrogens (tertiary/aromatic N) is 2. The minimum atomic E-state index is -4.35. The largest absolute Gasteiger partial charge is 0.482 e. The number of hydrogen-bond donors (Lipinski definition) is 0. The van der Waals surface area contributed by atoms with Crippen LogP contribution in [0.15, 0.2) is 54.7 Å². The third-order valence-corrected chi connectivity index (χ3v) is 6.52. The predicted molar refractivity (Wildman–Crippen MR) is 120 cm³/mol. The molecular weight excluding hydrogens is 453 g/mol. The van der Waals surface area contributed by atoms with Gasteiger partial charge in [-0.15, -0.1) is 11.3 Å². The van der Waals surface area contributed by atoms with Crippen LogP contribution < -0.4 is 4.74 Å². The van der Waals surface area contributed by atoms with Crippen LogP contribution in [0.1, 0.15) is 16.1 Å². The molecule has 4 aromatic rings. The van der Waals surface area contributed by atoms with Gasteiger partial charge < -0.3 is 14.0 Å². The summed E-state index contributed by atoms with van der Waals surface area (Å²) in [7, 11) is 1.31. The maximum absolute atomic E-state index is 12.8. The molecule has 0 N–H and O–H groups in total. The first-order chi connectivity index (χ1) is 15.7. The first-order valence-electron chi connectivity index (χ1n) is 10.2. The number of aryl methyl sites for hydroxylation is 3. The first kappa shape index (κ1) is 22.8. The number of hydrogen-bond acceptors (Lipinski definition) is 5. The molecule has 2 heterocycles. The molecule has 0 bridgehead atoms. The minimum absolute atomic E-state index is 0.144. The molecule has 0 atom stereocenters. The standard InChI is InChI=1S/C24H21F3N2O3S/c1-15-21(33-23(28-15)16-3-5-18(6-4-16)24(25,26)27)10-12-29-11-9-17-13-19(7-8-20(17)29)32-14-22(30)31-2/h3-9,11,13H,10,12,14H2,1-2H3. The van der Waals surface area contributed by atoms with E-state index in [-0.39, 0.29) is 6.61 Å². The van der Waals surface area contributed by atoms with Gasteiger partial charge in [-0.05, 0) is 43.3 Å². The molecule has 172 valence electrons. The Hall–Kier alpha value is -3.33. The van der Waals surface area contributed by atoms with E-state index in [1.807, 2.05) is 37.4 Å². The number of methoxy groups -OCH3 is 1. The smallest absolute Gasteiger partial charge is 0.416 e. The summed E-state index contributed by atoms with van der Waals surface area (Å²) < 4.78 is 50.5. The number of rotatable bonds is 7. The third-order valence-electron chi connectivity index (χ3n) is 5.26. The molecule has 0 radical (unpaired) electrons. The molecule has 2 aromatic heterocycles. The summed E-state index contributed by atoms with van der Waals surface area (Å²) in [5.74, 6) is 0.147. The van der Waals surface area contributed by atoms with Crippen LogP contribution in [0.4, 0.5) is 13.2 Å². The van der Waals surface area contributed by atoms with Crippen LogP contribution in [0.25, 0.3) is 21.5 Å². The predicted octanol–water partition coefficient (Wildman–Crippen LogP) is 5.89.